The summed E-state index contributed by atoms with van der Waals surface area (Å²) < 4.78 is 5.58. The lowest BCUT2D eigenvalue weighted by molar-refractivity contribution is 0.243. The van der Waals surface area contributed by atoms with E-state index in [0.29, 0.717) is 5.92 Å². The molecule has 1 fully saturated rings. The van der Waals surface area contributed by atoms with Crippen LogP contribution in [0.4, 0.5) is 0 Å². The highest BCUT2D eigenvalue weighted by Crippen LogP contribution is 2.47. The Labute approximate surface area is 117 Å². The number of nitrogens with two attached hydrogens (primary N) is 1. The molecule has 0 heterocycles. The van der Waals surface area contributed by atoms with Crippen molar-refractivity contribution in [2.45, 2.75) is 57.3 Å². The summed E-state index contributed by atoms with van der Waals surface area (Å²) in [6, 6.07) is 6.73. The van der Waals surface area contributed by atoms with Crippen LogP contribution in [0.1, 0.15) is 63.0 Å². The standard InChI is InChI=1S/C17H27NO/c1-4-13(5-2)14-7-8-16(19-3)15(11-14)17(12-18)9-6-10-17/h7-8,11,13H,4-6,9-10,12,18H2,1-3H3. The van der Waals surface area contributed by atoms with Gasteiger partial charge >= 0.3 is 0 Å². The lowest BCUT2D eigenvalue weighted by Gasteiger charge is -2.42. The molecule has 1 saturated carbocycles. The van der Waals surface area contributed by atoms with Crippen LogP contribution in [0, 0.1) is 0 Å². The van der Waals surface area contributed by atoms with Crippen LogP contribution in [0.25, 0.3) is 0 Å². The average molecular weight is 261 g/mol. The van der Waals surface area contributed by atoms with Gasteiger partial charge in [-0.25, -0.2) is 0 Å². The zero-order chi connectivity index (χ0) is 13.9. The molecule has 1 aromatic rings. The molecule has 0 bridgehead atoms. The van der Waals surface area contributed by atoms with Crippen molar-refractivity contribution in [1.82, 2.24) is 0 Å². The van der Waals surface area contributed by atoms with E-state index in [1.807, 2.05) is 0 Å². The Hall–Kier alpha value is -1.02. The molecule has 2 heteroatoms. The lowest BCUT2D eigenvalue weighted by Crippen LogP contribution is -2.41. The molecule has 0 spiro atoms. The number of hydrogen-bond acceptors (Lipinski definition) is 2. The number of hydrogen-bond donors (Lipinski definition) is 1. The van der Waals surface area contributed by atoms with Crippen LogP contribution in [0.2, 0.25) is 0 Å². The van der Waals surface area contributed by atoms with Crippen LogP contribution in [0.15, 0.2) is 18.2 Å². The fourth-order valence-corrected chi connectivity index (χ4v) is 3.34. The largest absolute Gasteiger partial charge is 0.496 e. The van der Waals surface area contributed by atoms with Gasteiger partial charge in [0.15, 0.2) is 0 Å². The van der Waals surface area contributed by atoms with Gasteiger partial charge in [0.05, 0.1) is 7.11 Å². The molecule has 106 valence electrons. The van der Waals surface area contributed by atoms with Crippen LogP contribution < -0.4 is 10.5 Å². The van der Waals surface area contributed by atoms with Crippen molar-refractivity contribution in [1.29, 1.82) is 0 Å². The summed E-state index contributed by atoms with van der Waals surface area (Å²) in [7, 11) is 1.76. The molecule has 2 N–H and O–H groups in total. The predicted octanol–water partition coefficient (Wildman–Crippen LogP) is 3.98. The molecule has 0 radical (unpaired) electrons. The lowest BCUT2D eigenvalue weighted by atomic mass is 9.64. The van der Waals surface area contributed by atoms with Crippen LogP contribution in [0.5, 0.6) is 5.75 Å². The maximum atomic E-state index is 6.06. The Balaban J connectivity index is 2.42. The van der Waals surface area contributed by atoms with Gasteiger partial charge in [-0.3, -0.25) is 0 Å². The molecule has 0 saturated heterocycles. The highest BCUT2D eigenvalue weighted by atomic mass is 16.5. The third-order valence-corrected chi connectivity index (χ3v) is 4.95. The van der Waals surface area contributed by atoms with Crippen molar-refractivity contribution in [3.8, 4) is 5.75 Å². The van der Waals surface area contributed by atoms with Crippen LogP contribution in [-0.4, -0.2) is 13.7 Å². The summed E-state index contributed by atoms with van der Waals surface area (Å²) in [4.78, 5) is 0. The third kappa shape index (κ3) is 2.51. The Morgan fingerprint density at radius 2 is 1.95 bits per heavy atom. The van der Waals surface area contributed by atoms with E-state index in [-0.39, 0.29) is 5.41 Å². The van der Waals surface area contributed by atoms with E-state index >= 15 is 0 Å². The van der Waals surface area contributed by atoms with Crippen molar-refractivity contribution in [2.75, 3.05) is 13.7 Å². The highest BCUT2D eigenvalue weighted by Gasteiger charge is 2.39. The molecule has 0 unspecified atom stereocenters. The molecule has 2 nitrogen and oxygen atoms in total. The maximum absolute atomic E-state index is 6.06. The number of methoxy groups -OCH3 is 1. The molecule has 1 aliphatic carbocycles. The first-order valence-electron chi connectivity index (χ1n) is 7.59. The van der Waals surface area contributed by atoms with Crippen molar-refractivity contribution in [3.05, 3.63) is 29.3 Å². The second-order valence-electron chi connectivity index (χ2n) is 5.81. The molecule has 0 aromatic heterocycles. The monoisotopic (exact) mass is 261 g/mol. The minimum atomic E-state index is 0.174. The van der Waals surface area contributed by atoms with Gasteiger partial charge < -0.3 is 10.5 Å². The minimum absolute atomic E-state index is 0.174. The summed E-state index contributed by atoms with van der Waals surface area (Å²) in [5, 5.41) is 0. The normalized spacial score (nSPS) is 17.3. The SMILES string of the molecule is CCC(CC)c1ccc(OC)c(C2(CN)CCC2)c1. The molecule has 0 atom stereocenters. The second kappa shape index (κ2) is 5.96. The van der Waals surface area contributed by atoms with E-state index in [1.165, 1.54) is 43.2 Å². The van der Waals surface area contributed by atoms with Crippen molar-refractivity contribution in [2.24, 2.45) is 5.73 Å². The Morgan fingerprint density at radius 1 is 1.26 bits per heavy atom. The van der Waals surface area contributed by atoms with E-state index in [4.69, 9.17) is 10.5 Å². The quantitative estimate of drug-likeness (QED) is 0.840. The minimum Gasteiger partial charge on any atom is -0.496 e. The van der Waals surface area contributed by atoms with Gasteiger partial charge in [-0.1, -0.05) is 32.4 Å². The van der Waals surface area contributed by atoms with Crippen LogP contribution in [0.3, 0.4) is 0 Å². The van der Waals surface area contributed by atoms with Crippen molar-refractivity contribution >= 4 is 0 Å². The first-order chi connectivity index (χ1) is 9.20. The molecule has 0 aliphatic heterocycles. The van der Waals surface area contributed by atoms with E-state index in [2.05, 4.69) is 32.0 Å². The third-order valence-electron chi connectivity index (χ3n) is 4.95. The molecular weight excluding hydrogens is 234 g/mol. The van der Waals surface area contributed by atoms with E-state index in [1.54, 1.807) is 7.11 Å². The number of rotatable bonds is 6. The average Bonchev–Trinajstić information content (AvgIpc) is 2.40. The van der Waals surface area contributed by atoms with Crippen molar-refractivity contribution in [3.63, 3.8) is 0 Å². The summed E-state index contributed by atoms with van der Waals surface area (Å²) in [5.41, 5.74) is 9.02. The summed E-state index contributed by atoms with van der Waals surface area (Å²) in [5.74, 6) is 1.67. The second-order valence-corrected chi connectivity index (χ2v) is 5.81. The van der Waals surface area contributed by atoms with Gasteiger partial charge in [-0.2, -0.15) is 0 Å². The summed E-state index contributed by atoms with van der Waals surface area (Å²) in [6.45, 7) is 5.26. The van der Waals surface area contributed by atoms with Crippen molar-refractivity contribution < 1.29 is 4.74 Å². The van der Waals surface area contributed by atoms with Gasteiger partial charge in [0, 0.05) is 17.5 Å². The molecule has 1 aromatic carbocycles. The van der Waals surface area contributed by atoms with E-state index in [0.717, 1.165) is 12.3 Å². The molecule has 2 rings (SSSR count). The fourth-order valence-electron chi connectivity index (χ4n) is 3.34. The zero-order valence-electron chi connectivity index (χ0n) is 12.5. The molecule has 19 heavy (non-hydrogen) atoms. The Kier molecular flexibility index (Phi) is 4.51. The number of ether oxygens (including phenoxy) is 1. The first-order valence-corrected chi connectivity index (χ1v) is 7.59. The van der Waals surface area contributed by atoms with Gasteiger partial charge in [-0.05, 0) is 43.2 Å². The topological polar surface area (TPSA) is 35.2 Å². The molecular formula is C17H27NO. The fraction of sp³-hybridized carbons (Fsp3) is 0.647. The molecule has 0 amide bonds. The Bertz CT molecular complexity index is 414. The zero-order valence-corrected chi connectivity index (χ0v) is 12.5. The molecule has 1 aliphatic rings. The highest BCUT2D eigenvalue weighted by molar-refractivity contribution is 5.45. The Morgan fingerprint density at radius 3 is 2.37 bits per heavy atom. The first kappa shape index (κ1) is 14.4. The smallest absolute Gasteiger partial charge is 0.122 e. The van der Waals surface area contributed by atoms with Crippen LogP contribution in [-0.2, 0) is 5.41 Å². The summed E-state index contributed by atoms with van der Waals surface area (Å²) >= 11 is 0. The number of benzene rings is 1. The van der Waals surface area contributed by atoms with Gasteiger partial charge in [-0.15, -0.1) is 0 Å². The van der Waals surface area contributed by atoms with Crippen LogP contribution >= 0.6 is 0 Å². The van der Waals surface area contributed by atoms with E-state index in [9.17, 15) is 0 Å². The maximum Gasteiger partial charge on any atom is 0.122 e. The van der Waals surface area contributed by atoms with Gasteiger partial charge in [0.2, 0.25) is 0 Å². The van der Waals surface area contributed by atoms with Gasteiger partial charge in [0.25, 0.3) is 0 Å². The van der Waals surface area contributed by atoms with Gasteiger partial charge in [0.1, 0.15) is 5.75 Å². The predicted molar refractivity (Wildman–Crippen MR) is 80.9 cm³/mol. The summed E-state index contributed by atoms with van der Waals surface area (Å²) in [6.07, 6.45) is 6.07. The van der Waals surface area contributed by atoms with E-state index < -0.39 is 0 Å².